The number of imidazole rings is 1. The Labute approximate surface area is 114 Å². The molecule has 19 heavy (non-hydrogen) atoms. The first kappa shape index (κ1) is 11.9. The summed E-state index contributed by atoms with van der Waals surface area (Å²) in [6.07, 6.45) is 3.99. The SMILES string of the molecule is S=c1[nH]cc(-c2ccccc2)n1CCc1ncno1. The zero-order valence-electron chi connectivity index (χ0n) is 10.1. The molecule has 2 aromatic heterocycles. The number of H-pyrrole nitrogens is 1. The molecule has 0 aliphatic heterocycles. The highest BCUT2D eigenvalue weighted by molar-refractivity contribution is 7.71. The lowest BCUT2D eigenvalue weighted by Crippen LogP contribution is -2.03. The maximum Gasteiger partial charge on any atom is 0.228 e. The van der Waals surface area contributed by atoms with Crippen molar-refractivity contribution in [3.8, 4) is 11.3 Å². The number of hydrogen-bond acceptors (Lipinski definition) is 4. The summed E-state index contributed by atoms with van der Waals surface area (Å²) in [4.78, 5) is 7.09. The van der Waals surface area contributed by atoms with E-state index in [0.29, 0.717) is 23.6 Å². The standard InChI is InChI=1S/C13H12N4OS/c19-13-14-8-11(10-4-2-1-3-5-10)17(13)7-6-12-15-9-16-18-12/h1-5,8-9H,6-7H2,(H,14,19). The Kier molecular flexibility index (Phi) is 3.24. The molecule has 0 amide bonds. The van der Waals surface area contributed by atoms with E-state index >= 15 is 0 Å². The Bertz CT molecular complexity index is 700. The van der Waals surface area contributed by atoms with Crippen LogP contribution in [-0.2, 0) is 13.0 Å². The van der Waals surface area contributed by atoms with Gasteiger partial charge < -0.3 is 14.1 Å². The van der Waals surface area contributed by atoms with Crippen molar-refractivity contribution in [2.24, 2.45) is 0 Å². The van der Waals surface area contributed by atoms with E-state index in [1.165, 1.54) is 6.33 Å². The van der Waals surface area contributed by atoms with Crippen LogP contribution in [0.3, 0.4) is 0 Å². The van der Waals surface area contributed by atoms with Crippen molar-refractivity contribution in [1.29, 1.82) is 0 Å². The molecule has 5 nitrogen and oxygen atoms in total. The van der Waals surface area contributed by atoms with Crippen molar-refractivity contribution in [2.75, 3.05) is 0 Å². The molecule has 0 radical (unpaired) electrons. The van der Waals surface area contributed by atoms with Crippen LogP contribution in [0, 0.1) is 4.77 Å². The maximum absolute atomic E-state index is 5.31. The highest BCUT2D eigenvalue weighted by atomic mass is 32.1. The lowest BCUT2D eigenvalue weighted by molar-refractivity contribution is 0.371. The van der Waals surface area contributed by atoms with Crippen molar-refractivity contribution in [3.63, 3.8) is 0 Å². The van der Waals surface area contributed by atoms with E-state index in [1.54, 1.807) is 0 Å². The average Bonchev–Trinajstić information content (AvgIpc) is 3.07. The smallest absolute Gasteiger partial charge is 0.228 e. The summed E-state index contributed by atoms with van der Waals surface area (Å²) >= 11 is 5.31. The molecule has 3 rings (SSSR count). The molecule has 6 heteroatoms. The van der Waals surface area contributed by atoms with Crippen LogP contribution in [0.15, 0.2) is 47.4 Å². The van der Waals surface area contributed by atoms with E-state index in [9.17, 15) is 0 Å². The Morgan fingerprint density at radius 1 is 1.26 bits per heavy atom. The molecule has 0 saturated heterocycles. The van der Waals surface area contributed by atoms with Crippen LogP contribution in [0.2, 0.25) is 0 Å². The van der Waals surface area contributed by atoms with E-state index < -0.39 is 0 Å². The number of aryl methyl sites for hydroxylation is 1. The predicted octanol–water partition coefficient (Wildman–Crippen LogP) is 2.84. The van der Waals surface area contributed by atoms with Crippen LogP contribution < -0.4 is 0 Å². The van der Waals surface area contributed by atoms with E-state index in [2.05, 4.69) is 27.3 Å². The fourth-order valence-electron chi connectivity index (χ4n) is 1.98. The van der Waals surface area contributed by atoms with Gasteiger partial charge in [-0.2, -0.15) is 4.98 Å². The number of nitrogens with zero attached hydrogens (tertiary/aromatic N) is 3. The number of nitrogens with one attached hydrogen (secondary N) is 1. The van der Waals surface area contributed by atoms with Crippen molar-refractivity contribution in [3.05, 3.63) is 53.5 Å². The average molecular weight is 272 g/mol. The molecule has 0 unspecified atom stereocenters. The molecule has 3 aromatic rings. The molecule has 0 aliphatic rings. The van der Waals surface area contributed by atoms with Gasteiger partial charge in [-0.25, -0.2) is 0 Å². The minimum atomic E-state index is 0.613. The normalized spacial score (nSPS) is 10.7. The summed E-state index contributed by atoms with van der Waals surface area (Å²) in [6.45, 7) is 0.703. The fraction of sp³-hybridized carbons (Fsp3) is 0.154. The summed E-state index contributed by atoms with van der Waals surface area (Å²) in [5.41, 5.74) is 2.19. The molecule has 0 bridgehead atoms. The molecule has 1 aromatic carbocycles. The molecule has 0 fully saturated rings. The monoisotopic (exact) mass is 272 g/mol. The van der Waals surface area contributed by atoms with Crippen LogP contribution in [0.25, 0.3) is 11.3 Å². The highest BCUT2D eigenvalue weighted by Crippen LogP contribution is 2.19. The molecule has 1 N–H and O–H groups in total. The third kappa shape index (κ3) is 2.48. The van der Waals surface area contributed by atoms with Gasteiger partial charge in [0.1, 0.15) is 0 Å². The summed E-state index contributed by atoms with van der Waals surface area (Å²) in [5, 5.41) is 3.60. The first-order valence-electron chi connectivity index (χ1n) is 5.94. The highest BCUT2D eigenvalue weighted by Gasteiger charge is 2.08. The molecule has 0 spiro atoms. The van der Waals surface area contributed by atoms with Gasteiger partial charge in [-0.1, -0.05) is 35.5 Å². The minimum Gasteiger partial charge on any atom is -0.340 e. The number of aromatic nitrogens is 4. The third-order valence-corrected chi connectivity index (χ3v) is 3.23. The van der Waals surface area contributed by atoms with Gasteiger partial charge in [-0.05, 0) is 17.8 Å². The predicted molar refractivity (Wildman–Crippen MR) is 73.1 cm³/mol. The van der Waals surface area contributed by atoms with Crippen LogP contribution >= 0.6 is 12.2 Å². The van der Waals surface area contributed by atoms with E-state index in [4.69, 9.17) is 16.7 Å². The Balaban J connectivity index is 1.89. The summed E-state index contributed by atoms with van der Waals surface area (Å²) < 4.78 is 7.73. The van der Waals surface area contributed by atoms with Gasteiger partial charge in [-0.15, -0.1) is 0 Å². The van der Waals surface area contributed by atoms with Crippen LogP contribution in [-0.4, -0.2) is 19.7 Å². The molecular formula is C13H12N4OS. The summed E-state index contributed by atoms with van der Waals surface area (Å²) in [5.74, 6) is 0.613. The summed E-state index contributed by atoms with van der Waals surface area (Å²) in [6, 6.07) is 10.1. The van der Waals surface area contributed by atoms with E-state index in [1.807, 2.05) is 29.0 Å². The quantitative estimate of drug-likeness (QED) is 0.742. The van der Waals surface area contributed by atoms with Crippen LogP contribution in [0.4, 0.5) is 0 Å². The lowest BCUT2D eigenvalue weighted by Gasteiger charge is -2.06. The van der Waals surface area contributed by atoms with Crippen molar-refractivity contribution < 1.29 is 4.52 Å². The van der Waals surface area contributed by atoms with E-state index in [0.717, 1.165) is 11.3 Å². The Morgan fingerprint density at radius 2 is 2.11 bits per heavy atom. The van der Waals surface area contributed by atoms with E-state index in [-0.39, 0.29) is 0 Å². The number of benzene rings is 1. The fourth-order valence-corrected chi connectivity index (χ4v) is 2.23. The Hall–Kier alpha value is -2.21. The van der Waals surface area contributed by atoms with Crippen LogP contribution in [0.5, 0.6) is 0 Å². The minimum absolute atomic E-state index is 0.613. The van der Waals surface area contributed by atoms with Gasteiger partial charge in [0, 0.05) is 19.2 Å². The largest absolute Gasteiger partial charge is 0.340 e. The topological polar surface area (TPSA) is 59.6 Å². The molecule has 96 valence electrons. The molecule has 0 saturated carbocycles. The number of rotatable bonds is 4. The van der Waals surface area contributed by atoms with Crippen molar-refractivity contribution >= 4 is 12.2 Å². The second-order valence-corrected chi connectivity index (χ2v) is 4.47. The third-order valence-electron chi connectivity index (χ3n) is 2.89. The molecule has 2 heterocycles. The molecule has 0 atom stereocenters. The molecular weight excluding hydrogens is 260 g/mol. The number of aromatic amines is 1. The number of hydrogen-bond donors (Lipinski definition) is 1. The van der Waals surface area contributed by atoms with Gasteiger partial charge in [0.05, 0.1) is 5.69 Å². The molecule has 0 aliphatic carbocycles. The van der Waals surface area contributed by atoms with Crippen molar-refractivity contribution in [1.82, 2.24) is 19.7 Å². The van der Waals surface area contributed by atoms with Crippen LogP contribution in [0.1, 0.15) is 5.89 Å². The van der Waals surface area contributed by atoms with Gasteiger partial charge in [0.25, 0.3) is 0 Å². The first-order valence-corrected chi connectivity index (χ1v) is 6.34. The second-order valence-electron chi connectivity index (χ2n) is 4.08. The maximum atomic E-state index is 5.31. The van der Waals surface area contributed by atoms with Gasteiger partial charge in [0.2, 0.25) is 5.89 Å². The zero-order chi connectivity index (χ0) is 13.1. The second kappa shape index (κ2) is 5.19. The lowest BCUT2D eigenvalue weighted by atomic mass is 10.2. The summed E-state index contributed by atoms with van der Waals surface area (Å²) in [7, 11) is 0. The van der Waals surface area contributed by atoms with Crippen molar-refractivity contribution in [2.45, 2.75) is 13.0 Å². The Morgan fingerprint density at radius 3 is 2.84 bits per heavy atom. The first-order chi connectivity index (χ1) is 9.34. The van der Waals surface area contributed by atoms with Gasteiger partial charge >= 0.3 is 0 Å². The van der Waals surface area contributed by atoms with Gasteiger partial charge in [-0.3, -0.25) is 0 Å². The van der Waals surface area contributed by atoms with Gasteiger partial charge in [0.15, 0.2) is 11.1 Å². The zero-order valence-corrected chi connectivity index (χ0v) is 10.9.